The Morgan fingerprint density at radius 3 is 2.89 bits per heavy atom. The van der Waals surface area contributed by atoms with E-state index in [1.807, 2.05) is 0 Å². The van der Waals surface area contributed by atoms with E-state index in [1.54, 1.807) is 0 Å². The summed E-state index contributed by atoms with van der Waals surface area (Å²) in [5, 5.41) is 7.94. The molecule has 9 heavy (non-hydrogen) atoms. The maximum atomic E-state index is 9.69. The minimum atomic E-state index is -1.24. The average Bonchev–Trinajstić information content (AvgIpc) is 1.80. The summed E-state index contributed by atoms with van der Waals surface area (Å²) < 4.78 is 4.16. The molecule has 0 rings (SSSR count). The van der Waals surface area contributed by atoms with Crippen LogP contribution in [0.5, 0.6) is 0 Å². The number of carboxylic acid groups (broad SMARTS) is 1. The summed E-state index contributed by atoms with van der Waals surface area (Å²) in [6, 6.07) is 0. The molecule has 0 aromatic heterocycles. The fraction of sp³-hybridized carbons (Fsp3) is 0.500. The number of unbranched alkanes of at least 4 members (excludes halogenated alkanes) is 1. The Balaban J connectivity index is 2.94. The second-order valence-electron chi connectivity index (χ2n) is 1.42. The van der Waals surface area contributed by atoms with Gasteiger partial charge in [-0.3, -0.25) is 0 Å². The van der Waals surface area contributed by atoms with Gasteiger partial charge in [-0.1, -0.05) is 0 Å². The third-order valence-electron chi connectivity index (χ3n) is 0.691. The highest BCUT2D eigenvalue weighted by Gasteiger charge is 1.92. The maximum Gasteiger partial charge on any atom is 0.505 e. The first-order chi connectivity index (χ1) is 4.27. The lowest BCUT2D eigenvalue weighted by Crippen LogP contribution is -2.00. The number of carbonyl (C=O) groups is 1. The molecule has 0 aliphatic rings. The van der Waals surface area contributed by atoms with Crippen LogP contribution in [0.2, 0.25) is 0 Å². The van der Waals surface area contributed by atoms with Gasteiger partial charge in [0, 0.05) is 6.42 Å². The zero-order valence-electron chi connectivity index (χ0n) is 4.96. The minimum absolute atomic E-state index is 0.194. The third kappa shape index (κ3) is 6.83. The lowest BCUT2D eigenvalue weighted by atomic mass is 10.3. The highest BCUT2D eigenvalue weighted by Crippen LogP contribution is 1.87. The van der Waals surface area contributed by atoms with Crippen LogP contribution in [0.15, 0.2) is 0 Å². The van der Waals surface area contributed by atoms with Crippen molar-refractivity contribution in [3.63, 3.8) is 0 Å². The Morgan fingerprint density at radius 1 is 1.78 bits per heavy atom. The van der Waals surface area contributed by atoms with E-state index in [9.17, 15) is 4.79 Å². The number of rotatable bonds is 3. The maximum absolute atomic E-state index is 9.69. The third-order valence-corrected chi connectivity index (χ3v) is 0.691. The Morgan fingerprint density at radius 2 is 2.44 bits per heavy atom. The SMILES string of the molecule is C#CCCCOC(=O)O. The first-order valence-electron chi connectivity index (χ1n) is 2.56. The van der Waals surface area contributed by atoms with E-state index in [0.717, 1.165) is 0 Å². The molecule has 3 nitrogen and oxygen atoms in total. The van der Waals surface area contributed by atoms with Crippen LogP contribution >= 0.6 is 0 Å². The van der Waals surface area contributed by atoms with Crippen LogP contribution < -0.4 is 0 Å². The minimum Gasteiger partial charge on any atom is -0.450 e. The zero-order valence-corrected chi connectivity index (χ0v) is 4.96. The molecule has 0 aromatic carbocycles. The van der Waals surface area contributed by atoms with Crippen LogP contribution in [0.25, 0.3) is 0 Å². The molecule has 1 N–H and O–H groups in total. The molecule has 0 unspecified atom stereocenters. The van der Waals surface area contributed by atoms with Gasteiger partial charge in [0.15, 0.2) is 0 Å². The van der Waals surface area contributed by atoms with E-state index < -0.39 is 6.16 Å². The molecule has 0 spiro atoms. The van der Waals surface area contributed by atoms with Crippen LogP contribution in [0, 0.1) is 12.3 Å². The highest BCUT2D eigenvalue weighted by atomic mass is 16.7. The van der Waals surface area contributed by atoms with Crippen molar-refractivity contribution in [2.24, 2.45) is 0 Å². The molecule has 0 saturated carbocycles. The van der Waals surface area contributed by atoms with Gasteiger partial charge in [-0.15, -0.1) is 12.3 Å². The lowest BCUT2D eigenvalue weighted by Gasteiger charge is -1.94. The summed E-state index contributed by atoms with van der Waals surface area (Å²) in [6.45, 7) is 0.194. The van der Waals surface area contributed by atoms with Gasteiger partial charge < -0.3 is 9.84 Å². The average molecular weight is 128 g/mol. The second kappa shape index (κ2) is 4.98. The Kier molecular flexibility index (Phi) is 4.33. The van der Waals surface area contributed by atoms with Crippen molar-refractivity contribution in [3.05, 3.63) is 0 Å². The molecule has 0 fully saturated rings. The molecule has 0 saturated heterocycles. The molecule has 0 aliphatic carbocycles. The van der Waals surface area contributed by atoms with E-state index in [2.05, 4.69) is 10.7 Å². The van der Waals surface area contributed by atoms with E-state index >= 15 is 0 Å². The lowest BCUT2D eigenvalue weighted by molar-refractivity contribution is 0.0910. The molecular weight excluding hydrogens is 120 g/mol. The molecule has 0 amide bonds. The van der Waals surface area contributed by atoms with Gasteiger partial charge in [0.25, 0.3) is 0 Å². The van der Waals surface area contributed by atoms with Crippen molar-refractivity contribution >= 4 is 6.16 Å². The second-order valence-corrected chi connectivity index (χ2v) is 1.42. The predicted octanol–water partition coefficient (Wildman–Crippen LogP) is 1.09. The van der Waals surface area contributed by atoms with Crippen molar-refractivity contribution in [2.45, 2.75) is 12.8 Å². The molecule has 0 bridgehead atoms. The van der Waals surface area contributed by atoms with Crippen LogP contribution in [0.1, 0.15) is 12.8 Å². The molecule has 3 heteroatoms. The first-order valence-corrected chi connectivity index (χ1v) is 2.56. The van der Waals surface area contributed by atoms with Crippen LogP contribution in [0.4, 0.5) is 4.79 Å². The Labute approximate surface area is 53.6 Å². The fourth-order valence-corrected chi connectivity index (χ4v) is 0.334. The van der Waals surface area contributed by atoms with Crippen molar-refractivity contribution in [1.82, 2.24) is 0 Å². The fourth-order valence-electron chi connectivity index (χ4n) is 0.334. The van der Waals surface area contributed by atoms with Gasteiger partial charge in [-0.25, -0.2) is 4.79 Å². The zero-order chi connectivity index (χ0) is 7.11. The van der Waals surface area contributed by atoms with Gasteiger partial charge in [0.05, 0.1) is 6.61 Å². The van der Waals surface area contributed by atoms with E-state index in [-0.39, 0.29) is 6.61 Å². The van der Waals surface area contributed by atoms with Crippen LogP contribution in [-0.2, 0) is 4.74 Å². The summed E-state index contributed by atoms with van der Waals surface area (Å²) in [5.74, 6) is 2.37. The van der Waals surface area contributed by atoms with Gasteiger partial charge in [-0.05, 0) is 6.42 Å². The van der Waals surface area contributed by atoms with E-state index in [4.69, 9.17) is 11.5 Å². The van der Waals surface area contributed by atoms with Crippen molar-refractivity contribution in [3.8, 4) is 12.3 Å². The van der Waals surface area contributed by atoms with E-state index in [0.29, 0.717) is 12.8 Å². The number of terminal acetylenes is 1. The topological polar surface area (TPSA) is 46.5 Å². The summed E-state index contributed by atoms with van der Waals surface area (Å²) in [5.41, 5.74) is 0. The summed E-state index contributed by atoms with van der Waals surface area (Å²) in [7, 11) is 0. The quantitative estimate of drug-likeness (QED) is 0.351. The van der Waals surface area contributed by atoms with E-state index in [1.165, 1.54) is 0 Å². The van der Waals surface area contributed by atoms with Crippen LogP contribution in [0.3, 0.4) is 0 Å². The summed E-state index contributed by atoms with van der Waals surface area (Å²) in [6.07, 6.45) is 4.81. The number of hydrogen-bond donors (Lipinski definition) is 1. The molecule has 0 aliphatic heterocycles. The molecular formula is C6H8O3. The first kappa shape index (κ1) is 7.83. The normalized spacial score (nSPS) is 7.89. The van der Waals surface area contributed by atoms with Gasteiger partial charge >= 0.3 is 6.16 Å². The largest absolute Gasteiger partial charge is 0.505 e. The summed E-state index contributed by atoms with van der Waals surface area (Å²) >= 11 is 0. The Hall–Kier alpha value is -1.17. The van der Waals surface area contributed by atoms with Crippen molar-refractivity contribution < 1.29 is 14.6 Å². The van der Waals surface area contributed by atoms with Crippen molar-refractivity contribution in [2.75, 3.05) is 6.61 Å². The number of ether oxygens (including phenoxy) is 1. The molecule has 50 valence electrons. The van der Waals surface area contributed by atoms with Gasteiger partial charge in [0.1, 0.15) is 0 Å². The molecule has 0 heterocycles. The van der Waals surface area contributed by atoms with Gasteiger partial charge in [0.2, 0.25) is 0 Å². The van der Waals surface area contributed by atoms with Crippen LogP contribution in [-0.4, -0.2) is 17.9 Å². The predicted molar refractivity (Wildman–Crippen MR) is 32.0 cm³/mol. The highest BCUT2D eigenvalue weighted by molar-refractivity contribution is 5.56. The standard InChI is InChI=1S/C6H8O3/c1-2-3-4-5-9-6(7)8/h1H,3-5H2,(H,7,8). The molecule has 0 radical (unpaired) electrons. The smallest absolute Gasteiger partial charge is 0.450 e. The van der Waals surface area contributed by atoms with Crippen molar-refractivity contribution in [1.29, 1.82) is 0 Å². The number of hydrogen-bond acceptors (Lipinski definition) is 2. The van der Waals surface area contributed by atoms with Gasteiger partial charge in [-0.2, -0.15) is 0 Å². The molecule has 0 atom stereocenters. The Bertz CT molecular complexity index is 123. The molecule has 0 aromatic rings. The summed E-state index contributed by atoms with van der Waals surface area (Å²) in [4.78, 5) is 9.69. The monoisotopic (exact) mass is 128 g/mol.